The summed E-state index contributed by atoms with van der Waals surface area (Å²) in [4.78, 5) is 6.47. The van der Waals surface area contributed by atoms with Gasteiger partial charge in [-0.1, -0.05) is 0 Å². The Kier molecular flexibility index (Phi) is 2.76. The molecule has 6 heteroatoms. The minimum atomic E-state index is -0.971. The maximum absolute atomic E-state index is 10.3. The van der Waals surface area contributed by atoms with Crippen molar-refractivity contribution in [2.45, 2.75) is 31.3 Å². The lowest BCUT2D eigenvalue weighted by Crippen LogP contribution is -2.31. The summed E-state index contributed by atoms with van der Waals surface area (Å²) in [5.74, 6) is 0.975. The maximum atomic E-state index is 10.3. The van der Waals surface area contributed by atoms with Crippen molar-refractivity contribution in [3.05, 3.63) is 5.89 Å². The Morgan fingerprint density at radius 1 is 1.29 bits per heavy atom. The Labute approximate surface area is 100.0 Å². The summed E-state index contributed by atoms with van der Waals surface area (Å²) in [5, 5.41) is 17.4. The van der Waals surface area contributed by atoms with E-state index in [1.54, 1.807) is 0 Å². The van der Waals surface area contributed by atoms with E-state index in [1.807, 2.05) is 0 Å². The van der Waals surface area contributed by atoms with Gasteiger partial charge in [0.1, 0.15) is 0 Å². The molecule has 0 amide bonds. The molecule has 0 spiro atoms. The van der Waals surface area contributed by atoms with E-state index in [0.29, 0.717) is 24.8 Å². The number of hydrogen-bond donors (Lipinski definition) is 2. The molecule has 0 aromatic carbocycles. The predicted molar refractivity (Wildman–Crippen MR) is 61.7 cm³/mol. The first-order chi connectivity index (χ1) is 8.28. The highest BCUT2D eigenvalue weighted by Gasteiger charge is 2.39. The number of anilines is 1. The number of rotatable bonds is 2. The van der Waals surface area contributed by atoms with Crippen molar-refractivity contribution in [2.75, 3.05) is 31.1 Å². The van der Waals surface area contributed by atoms with Gasteiger partial charge in [-0.2, -0.15) is 4.98 Å². The molecule has 1 aromatic rings. The van der Waals surface area contributed by atoms with Crippen LogP contribution in [0.25, 0.3) is 0 Å². The third-order valence-corrected chi connectivity index (χ3v) is 3.59. The highest BCUT2D eigenvalue weighted by atomic mass is 16.5. The summed E-state index contributed by atoms with van der Waals surface area (Å²) in [6.45, 7) is 3.25. The number of β-amino-alcohol motifs (C(OH)–C–C–N with tert-alkyl or cyclic N) is 1. The quantitative estimate of drug-likeness (QED) is 0.769. The first-order valence-electron chi connectivity index (χ1n) is 6.30. The van der Waals surface area contributed by atoms with E-state index < -0.39 is 5.60 Å². The lowest BCUT2D eigenvalue weighted by Gasteiger charge is -2.24. The molecule has 2 N–H and O–H groups in total. The van der Waals surface area contributed by atoms with Crippen LogP contribution in [-0.2, 0) is 5.60 Å². The lowest BCUT2D eigenvalue weighted by molar-refractivity contribution is 0.0243. The molecule has 0 aliphatic carbocycles. The number of nitrogens with one attached hydrogen (secondary N) is 1. The van der Waals surface area contributed by atoms with Gasteiger partial charge in [0.2, 0.25) is 0 Å². The maximum Gasteiger partial charge on any atom is 0.266 e. The molecule has 3 rings (SSSR count). The molecule has 1 atom stereocenters. The van der Waals surface area contributed by atoms with Crippen molar-refractivity contribution in [3.8, 4) is 0 Å². The van der Waals surface area contributed by atoms with Crippen LogP contribution in [0.4, 0.5) is 5.95 Å². The van der Waals surface area contributed by atoms with Crippen LogP contribution in [0.3, 0.4) is 0 Å². The van der Waals surface area contributed by atoms with Gasteiger partial charge in [0.15, 0.2) is 5.60 Å². The predicted octanol–water partition coefficient (Wildman–Crippen LogP) is 0.241. The Morgan fingerprint density at radius 3 is 2.82 bits per heavy atom. The first kappa shape index (κ1) is 11.0. The lowest BCUT2D eigenvalue weighted by atomic mass is 10.0. The molecule has 1 unspecified atom stereocenters. The van der Waals surface area contributed by atoms with Crippen molar-refractivity contribution in [1.29, 1.82) is 0 Å². The van der Waals surface area contributed by atoms with E-state index in [-0.39, 0.29) is 0 Å². The van der Waals surface area contributed by atoms with Crippen LogP contribution in [0.1, 0.15) is 31.6 Å². The Bertz CT molecular complexity index is 381. The van der Waals surface area contributed by atoms with Crippen molar-refractivity contribution in [1.82, 2.24) is 15.5 Å². The third kappa shape index (κ3) is 2.02. The highest BCUT2D eigenvalue weighted by molar-refractivity contribution is 5.29. The summed E-state index contributed by atoms with van der Waals surface area (Å²) < 4.78 is 5.21. The molecular formula is C11H18N4O2. The van der Waals surface area contributed by atoms with Gasteiger partial charge in [-0.15, -0.1) is 0 Å². The molecule has 17 heavy (non-hydrogen) atoms. The number of nitrogens with zero attached hydrogens (tertiary/aromatic N) is 3. The van der Waals surface area contributed by atoms with E-state index >= 15 is 0 Å². The van der Waals surface area contributed by atoms with Gasteiger partial charge in [-0.05, 0) is 37.4 Å². The number of aliphatic hydroxyl groups is 1. The molecule has 2 saturated heterocycles. The van der Waals surface area contributed by atoms with E-state index in [1.165, 1.54) is 19.3 Å². The average Bonchev–Trinajstić information content (AvgIpc) is 2.99. The van der Waals surface area contributed by atoms with Crippen molar-refractivity contribution in [3.63, 3.8) is 0 Å². The van der Waals surface area contributed by atoms with Gasteiger partial charge in [0.25, 0.3) is 11.8 Å². The van der Waals surface area contributed by atoms with Crippen LogP contribution < -0.4 is 10.2 Å². The van der Waals surface area contributed by atoms with Gasteiger partial charge < -0.3 is 19.8 Å². The Morgan fingerprint density at radius 2 is 2.12 bits per heavy atom. The average molecular weight is 238 g/mol. The van der Waals surface area contributed by atoms with Crippen LogP contribution in [0, 0.1) is 0 Å². The van der Waals surface area contributed by atoms with Crippen LogP contribution in [0.2, 0.25) is 0 Å². The van der Waals surface area contributed by atoms with E-state index in [9.17, 15) is 5.11 Å². The van der Waals surface area contributed by atoms with Crippen molar-refractivity contribution in [2.24, 2.45) is 0 Å². The SMILES string of the molecule is OC1(c2nc(N3CCCCC3)no2)CCNC1. The van der Waals surface area contributed by atoms with Crippen molar-refractivity contribution < 1.29 is 9.63 Å². The minimum Gasteiger partial charge on any atom is -0.379 e. The van der Waals surface area contributed by atoms with E-state index in [2.05, 4.69) is 20.4 Å². The second kappa shape index (κ2) is 4.27. The molecule has 0 radical (unpaired) electrons. The third-order valence-electron chi connectivity index (χ3n) is 3.59. The zero-order chi connectivity index (χ0) is 11.7. The zero-order valence-electron chi connectivity index (χ0n) is 9.85. The van der Waals surface area contributed by atoms with Gasteiger partial charge >= 0.3 is 0 Å². The monoisotopic (exact) mass is 238 g/mol. The molecule has 6 nitrogen and oxygen atoms in total. The fraction of sp³-hybridized carbons (Fsp3) is 0.818. The summed E-state index contributed by atoms with van der Waals surface area (Å²) in [6, 6.07) is 0. The fourth-order valence-corrected chi connectivity index (χ4v) is 2.49. The topological polar surface area (TPSA) is 74.4 Å². The minimum absolute atomic E-state index is 0.350. The van der Waals surface area contributed by atoms with Gasteiger partial charge in [0.05, 0.1) is 0 Å². The second-order valence-electron chi connectivity index (χ2n) is 4.91. The van der Waals surface area contributed by atoms with Crippen LogP contribution in [0.15, 0.2) is 4.52 Å². The van der Waals surface area contributed by atoms with E-state index in [0.717, 1.165) is 19.6 Å². The second-order valence-corrected chi connectivity index (χ2v) is 4.91. The molecule has 94 valence electrons. The Balaban J connectivity index is 1.77. The summed E-state index contributed by atoms with van der Waals surface area (Å²) >= 11 is 0. The van der Waals surface area contributed by atoms with Gasteiger partial charge in [-0.25, -0.2) is 0 Å². The van der Waals surface area contributed by atoms with Crippen LogP contribution >= 0.6 is 0 Å². The van der Waals surface area contributed by atoms with Crippen LogP contribution in [-0.4, -0.2) is 41.4 Å². The van der Waals surface area contributed by atoms with E-state index in [4.69, 9.17) is 4.52 Å². The zero-order valence-corrected chi connectivity index (χ0v) is 9.85. The molecule has 2 aliphatic rings. The summed E-state index contributed by atoms with van der Waals surface area (Å²) in [7, 11) is 0. The first-order valence-corrected chi connectivity index (χ1v) is 6.30. The molecule has 2 aliphatic heterocycles. The summed E-state index contributed by atoms with van der Waals surface area (Å²) in [5.41, 5.74) is -0.971. The normalized spacial score (nSPS) is 29.8. The van der Waals surface area contributed by atoms with Crippen molar-refractivity contribution >= 4 is 5.95 Å². The number of aromatic nitrogens is 2. The number of hydrogen-bond acceptors (Lipinski definition) is 6. The standard InChI is InChI=1S/C11H18N4O2/c16-11(4-5-12-8-11)9-13-10(14-17-9)15-6-2-1-3-7-15/h12,16H,1-8H2. The largest absolute Gasteiger partial charge is 0.379 e. The number of piperidine rings is 1. The highest BCUT2D eigenvalue weighted by Crippen LogP contribution is 2.28. The molecule has 0 saturated carbocycles. The molecule has 0 bridgehead atoms. The summed E-state index contributed by atoms with van der Waals surface area (Å²) in [6.07, 6.45) is 4.26. The smallest absolute Gasteiger partial charge is 0.266 e. The molecule has 1 aromatic heterocycles. The fourth-order valence-electron chi connectivity index (χ4n) is 2.49. The van der Waals surface area contributed by atoms with Crippen LogP contribution in [0.5, 0.6) is 0 Å². The molecule has 2 fully saturated rings. The van der Waals surface area contributed by atoms with Gasteiger partial charge in [-0.3, -0.25) is 0 Å². The molecule has 3 heterocycles. The van der Waals surface area contributed by atoms with Gasteiger partial charge in [0, 0.05) is 19.6 Å². The Hall–Kier alpha value is -1.14. The molecular weight excluding hydrogens is 220 g/mol.